The number of benzene rings is 1. The molecule has 1 aliphatic rings. The molecule has 1 atom stereocenters. The van der Waals surface area contributed by atoms with E-state index in [1.54, 1.807) is 0 Å². The van der Waals surface area contributed by atoms with Gasteiger partial charge in [-0.15, -0.1) is 0 Å². The minimum atomic E-state index is 0.270. The van der Waals surface area contributed by atoms with Gasteiger partial charge in [-0.3, -0.25) is 4.79 Å². The van der Waals surface area contributed by atoms with Crippen LogP contribution in [0.1, 0.15) is 38.2 Å². The van der Waals surface area contributed by atoms with Crippen molar-refractivity contribution in [3.05, 3.63) is 29.8 Å². The van der Waals surface area contributed by atoms with E-state index in [1.165, 1.54) is 12.0 Å². The summed E-state index contributed by atoms with van der Waals surface area (Å²) in [6.07, 6.45) is 4.67. The number of aryl methyl sites for hydroxylation is 1. The van der Waals surface area contributed by atoms with E-state index in [2.05, 4.69) is 24.4 Å². The number of nitrogens with zero attached hydrogens (tertiary/aromatic N) is 1. The lowest BCUT2D eigenvalue weighted by Gasteiger charge is -2.32. The monoisotopic (exact) mass is 304 g/mol. The van der Waals surface area contributed by atoms with Gasteiger partial charge in [0, 0.05) is 25.6 Å². The first-order valence-electron chi connectivity index (χ1n) is 8.39. The first kappa shape index (κ1) is 16.8. The number of carbonyl (C=O) groups excluding carboxylic acids is 1. The van der Waals surface area contributed by atoms with Crippen LogP contribution in [0, 0.1) is 0 Å². The second-order valence-corrected chi connectivity index (χ2v) is 5.96. The predicted octanol–water partition coefficient (Wildman–Crippen LogP) is 2.62. The topological polar surface area (TPSA) is 41.6 Å². The van der Waals surface area contributed by atoms with Gasteiger partial charge in [-0.05, 0) is 50.4 Å². The summed E-state index contributed by atoms with van der Waals surface area (Å²) >= 11 is 0. The van der Waals surface area contributed by atoms with Crippen molar-refractivity contribution >= 4 is 5.91 Å². The Morgan fingerprint density at radius 1 is 1.36 bits per heavy atom. The highest BCUT2D eigenvalue weighted by molar-refractivity contribution is 5.76. The maximum Gasteiger partial charge on any atom is 0.222 e. The van der Waals surface area contributed by atoms with Crippen molar-refractivity contribution in [1.29, 1.82) is 0 Å². The van der Waals surface area contributed by atoms with Crippen LogP contribution in [0.15, 0.2) is 24.3 Å². The van der Waals surface area contributed by atoms with Gasteiger partial charge in [0.2, 0.25) is 5.91 Å². The highest BCUT2D eigenvalue weighted by atomic mass is 16.5. The molecule has 122 valence electrons. The number of amides is 1. The Hall–Kier alpha value is -1.55. The number of ether oxygens (including phenoxy) is 1. The molecular weight excluding hydrogens is 276 g/mol. The van der Waals surface area contributed by atoms with Crippen LogP contribution in [-0.2, 0) is 11.2 Å². The van der Waals surface area contributed by atoms with Gasteiger partial charge in [0.05, 0.1) is 6.61 Å². The number of hydrogen-bond donors (Lipinski definition) is 1. The van der Waals surface area contributed by atoms with Crippen molar-refractivity contribution in [3.8, 4) is 5.75 Å². The lowest BCUT2D eigenvalue weighted by Crippen LogP contribution is -2.47. The van der Waals surface area contributed by atoms with Crippen molar-refractivity contribution in [2.75, 3.05) is 26.7 Å². The Labute approximate surface area is 133 Å². The average Bonchev–Trinajstić information content (AvgIpc) is 2.58. The van der Waals surface area contributed by atoms with Crippen LogP contribution in [0.25, 0.3) is 0 Å². The quantitative estimate of drug-likeness (QED) is 0.842. The molecule has 4 heteroatoms. The smallest absolute Gasteiger partial charge is 0.222 e. The molecular formula is C18H28N2O2. The van der Waals surface area contributed by atoms with Crippen molar-refractivity contribution in [2.24, 2.45) is 0 Å². The number of piperidine rings is 1. The highest BCUT2D eigenvalue weighted by Crippen LogP contribution is 2.15. The van der Waals surface area contributed by atoms with Crippen molar-refractivity contribution in [1.82, 2.24) is 10.2 Å². The van der Waals surface area contributed by atoms with E-state index in [0.29, 0.717) is 12.5 Å². The molecule has 22 heavy (non-hydrogen) atoms. The van der Waals surface area contributed by atoms with E-state index in [-0.39, 0.29) is 5.91 Å². The van der Waals surface area contributed by atoms with E-state index in [9.17, 15) is 4.79 Å². The zero-order valence-electron chi connectivity index (χ0n) is 13.8. The van der Waals surface area contributed by atoms with Crippen LogP contribution in [0.3, 0.4) is 0 Å². The van der Waals surface area contributed by atoms with Gasteiger partial charge >= 0.3 is 0 Å². The third-order valence-corrected chi connectivity index (χ3v) is 4.21. The first-order valence-corrected chi connectivity index (χ1v) is 8.39. The van der Waals surface area contributed by atoms with E-state index < -0.39 is 0 Å². The molecule has 0 aromatic heterocycles. The van der Waals surface area contributed by atoms with Crippen LogP contribution >= 0.6 is 0 Å². The summed E-state index contributed by atoms with van der Waals surface area (Å²) in [6.45, 7) is 4.60. The standard InChI is InChI=1S/C18H28N2O2/c1-3-13-22-17-9-6-15(7-10-17)8-11-18(21)20-12-4-5-16(14-20)19-2/h6-7,9-10,16,19H,3-5,8,11-14H2,1-2H3. The molecule has 1 saturated heterocycles. The molecule has 1 N–H and O–H groups in total. The summed E-state index contributed by atoms with van der Waals surface area (Å²) in [4.78, 5) is 14.3. The Balaban J connectivity index is 1.78. The maximum absolute atomic E-state index is 12.3. The Morgan fingerprint density at radius 3 is 2.82 bits per heavy atom. The van der Waals surface area contributed by atoms with Crippen molar-refractivity contribution < 1.29 is 9.53 Å². The second kappa shape index (κ2) is 8.79. The maximum atomic E-state index is 12.3. The normalized spacial score (nSPS) is 18.3. The van der Waals surface area contributed by atoms with Gasteiger partial charge < -0.3 is 15.0 Å². The fraction of sp³-hybridized carbons (Fsp3) is 0.611. The minimum absolute atomic E-state index is 0.270. The molecule has 0 saturated carbocycles. The summed E-state index contributed by atoms with van der Waals surface area (Å²) in [7, 11) is 1.97. The highest BCUT2D eigenvalue weighted by Gasteiger charge is 2.21. The van der Waals surface area contributed by atoms with Crippen LogP contribution in [-0.4, -0.2) is 43.6 Å². The molecule has 1 fully saturated rings. The van der Waals surface area contributed by atoms with E-state index in [1.807, 2.05) is 24.1 Å². The molecule has 0 spiro atoms. The summed E-state index contributed by atoms with van der Waals surface area (Å²) in [6, 6.07) is 8.56. The molecule has 1 aliphatic heterocycles. The van der Waals surface area contributed by atoms with E-state index in [0.717, 1.165) is 44.7 Å². The van der Waals surface area contributed by atoms with E-state index >= 15 is 0 Å². The number of carbonyl (C=O) groups is 1. The van der Waals surface area contributed by atoms with Gasteiger partial charge in [-0.1, -0.05) is 19.1 Å². The van der Waals surface area contributed by atoms with Crippen LogP contribution in [0.4, 0.5) is 0 Å². The Bertz CT molecular complexity index is 459. The molecule has 1 amide bonds. The lowest BCUT2D eigenvalue weighted by atomic mass is 10.0. The largest absolute Gasteiger partial charge is 0.494 e. The zero-order valence-corrected chi connectivity index (χ0v) is 13.8. The molecule has 0 radical (unpaired) electrons. The summed E-state index contributed by atoms with van der Waals surface area (Å²) in [5.41, 5.74) is 1.19. The fourth-order valence-electron chi connectivity index (χ4n) is 2.82. The molecule has 0 aliphatic carbocycles. The third kappa shape index (κ3) is 5.02. The van der Waals surface area contributed by atoms with Crippen molar-refractivity contribution in [3.63, 3.8) is 0 Å². The van der Waals surface area contributed by atoms with Gasteiger partial charge in [0.15, 0.2) is 0 Å². The number of likely N-dealkylation sites (tertiary alicyclic amines) is 1. The first-order chi connectivity index (χ1) is 10.7. The van der Waals surface area contributed by atoms with Crippen LogP contribution in [0.2, 0.25) is 0 Å². The fourth-order valence-corrected chi connectivity index (χ4v) is 2.82. The van der Waals surface area contributed by atoms with Crippen LogP contribution in [0.5, 0.6) is 5.75 Å². The molecule has 4 nitrogen and oxygen atoms in total. The van der Waals surface area contributed by atoms with Gasteiger partial charge in [-0.25, -0.2) is 0 Å². The number of likely N-dealkylation sites (N-methyl/N-ethyl adjacent to an activating group) is 1. The summed E-state index contributed by atoms with van der Waals surface area (Å²) in [5.74, 6) is 1.18. The van der Waals surface area contributed by atoms with Crippen molar-refractivity contribution in [2.45, 2.75) is 45.1 Å². The number of rotatable bonds is 7. The Kier molecular flexibility index (Phi) is 6.72. The van der Waals surface area contributed by atoms with Crippen LogP contribution < -0.4 is 10.1 Å². The lowest BCUT2D eigenvalue weighted by molar-refractivity contribution is -0.132. The SMILES string of the molecule is CCCOc1ccc(CCC(=O)N2CCCC(NC)C2)cc1. The molecule has 1 aromatic rings. The molecule has 2 rings (SSSR count). The molecule has 0 bridgehead atoms. The van der Waals surface area contributed by atoms with Gasteiger partial charge in [0.25, 0.3) is 0 Å². The average molecular weight is 304 g/mol. The zero-order chi connectivity index (χ0) is 15.8. The summed E-state index contributed by atoms with van der Waals surface area (Å²) < 4.78 is 5.57. The Morgan fingerprint density at radius 2 is 2.14 bits per heavy atom. The molecule has 1 unspecified atom stereocenters. The number of hydrogen-bond acceptors (Lipinski definition) is 3. The van der Waals surface area contributed by atoms with Gasteiger partial charge in [-0.2, -0.15) is 0 Å². The number of nitrogens with one attached hydrogen (secondary N) is 1. The summed E-state index contributed by atoms with van der Waals surface area (Å²) in [5, 5.41) is 3.28. The van der Waals surface area contributed by atoms with E-state index in [4.69, 9.17) is 4.74 Å². The van der Waals surface area contributed by atoms with Gasteiger partial charge in [0.1, 0.15) is 5.75 Å². The predicted molar refractivity (Wildman–Crippen MR) is 89.2 cm³/mol. The third-order valence-electron chi connectivity index (χ3n) is 4.21. The molecule has 1 heterocycles. The minimum Gasteiger partial charge on any atom is -0.494 e. The molecule has 1 aromatic carbocycles. The second-order valence-electron chi connectivity index (χ2n) is 5.96.